The molecule has 0 aliphatic carbocycles. The predicted molar refractivity (Wildman–Crippen MR) is 80.7 cm³/mol. The second-order valence-electron chi connectivity index (χ2n) is 5.18. The molecule has 110 valence electrons. The Hall–Kier alpha value is -1.62. The van der Waals surface area contributed by atoms with Crippen LogP contribution in [0.15, 0.2) is 12.1 Å². The normalized spacial score (nSPS) is 12.8. The van der Waals surface area contributed by atoms with Gasteiger partial charge in [0, 0.05) is 25.7 Å². The van der Waals surface area contributed by atoms with E-state index in [0.717, 1.165) is 30.8 Å². The van der Waals surface area contributed by atoms with Crippen LogP contribution in [0.1, 0.15) is 42.7 Å². The van der Waals surface area contributed by atoms with Crippen LogP contribution in [0, 0.1) is 6.92 Å². The zero-order valence-corrected chi connectivity index (χ0v) is 13.1. The predicted octanol–water partition coefficient (Wildman–Crippen LogP) is 2.01. The number of nitrogens with one attached hydrogen (secondary N) is 1. The van der Waals surface area contributed by atoms with Gasteiger partial charge >= 0.3 is 0 Å². The van der Waals surface area contributed by atoms with Crippen molar-refractivity contribution in [3.05, 3.63) is 34.9 Å². The van der Waals surface area contributed by atoms with Crippen molar-refractivity contribution in [1.82, 2.24) is 24.9 Å². The molecule has 0 spiro atoms. The lowest BCUT2D eigenvalue weighted by molar-refractivity contribution is 0.499. The van der Waals surface area contributed by atoms with E-state index >= 15 is 0 Å². The van der Waals surface area contributed by atoms with E-state index in [4.69, 9.17) is 0 Å². The fraction of sp³-hybridized carbons (Fsp3) is 0.600. The molecule has 1 atom stereocenters. The standard InChI is InChI=1S/C15H25N5/c1-6-12-9-13(19(5)18-12)10-14(16-4)15-8-11(3)17-20(15)7-2/h8-9,14,16H,6-7,10H2,1-5H3. The number of hydrogen-bond acceptors (Lipinski definition) is 3. The molecule has 0 amide bonds. The molecule has 0 aliphatic rings. The van der Waals surface area contributed by atoms with Crippen molar-refractivity contribution >= 4 is 0 Å². The monoisotopic (exact) mass is 275 g/mol. The summed E-state index contributed by atoms with van der Waals surface area (Å²) in [6.45, 7) is 7.20. The quantitative estimate of drug-likeness (QED) is 0.877. The van der Waals surface area contributed by atoms with Gasteiger partial charge in [0.25, 0.3) is 0 Å². The Kier molecular flexibility index (Phi) is 4.60. The van der Waals surface area contributed by atoms with Gasteiger partial charge in [-0.05, 0) is 39.4 Å². The second kappa shape index (κ2) is 6.22. The Morgan fingerprint density at radius 1 is 1.25 bits per heavy atom. The van der Waals surface area contributed by atoms with Gasteiger partial charge in [-0.15, -0.1) is 0 Å². The Morgan fingerprint density at radius 3 is 2.55 bits per heavy atom. The number of hydrogen-bond donors (Lipinski definition) is 1. The van der Waals surface area contributed by atoms with E-state index in [1.807, 2.05) is 25.7 Å². The molecule has 0 saturated carbocycles. The van der Waals surface area contributed by atoms with Crippen molar-refractivity contribution in [3.8, 4) is 0 Å². The third-order valence-electron chi connectivity index (χ3n) is 3.74. The van der Waals surface area contributed by atoms with Crippen LogP contribution in [0.25, 0.3) is 0 Å². The molecule has 0 fully saturated rings. The van der Waals surface area contributed by atoms with Crippen molar-refractivity contribution in [2.75, 3.05) is 7.05 Å². The topological polar surface area (TPSA) is 47.7 Å². The summed E-state index contributed by atoms with van der Waals surface area (Å²) in [7, 11) is 4.02. The van der Waals surface area contributed by atoms with Crippen molar-refractivity contribution in [2.45, 2.75) is 46.2 Å². The summed E-state index contributed by atoms with van der Waals surface area (Å²) < 4.78 is 4.07. The highest BCUT2D eigenvalue weighted by molar-refractivity contribution is 5.18. The van der Waals surface area contributed by atoms with Crippen LogP contribution in [0.4, 0.5) is 0 Å². The van der Waals surface area contributed by atoms with Gasteiger partial charge < -0.3 is 5.32 Å². The van der Waals surface area contributed by atoms with Gasteiger partial charge in [-0.2, -0.15) is 10.2 Å². The average Bonchev–Trinajstić information content (AvgIpc) is 2.98. The zero-order valence-electron chi connectivity index (χ0n) is 13.1. The summed E-state index contributed by atoms with van der Waals surface area (Å²) in [5, 5.41) is 12.5. The second-order valence-corrected chi connectivity index (χ2v) is 5.18. The number of likely N-dealkylation sites (N-methyl/N-ethyl adjacent to an activating group) is 1. The maximum atomic E-state index is 4.54. The highest BCUT2D eigenvalue weighted by Crippen LogP contribution is 2.20. The van der Waals surface area contributed by atoms with Gasteiger partial charge in [-0.3, -0.25) is 9.36 Å². The molecule has 0 radical (unpaired) electrons. The van der Waals surface area contributed by atoms with Crippen LogP contribution < -0.4 is 5.32 Å². The minimum absolute atomic E-state index is 0.260. The van der Waals surface area contributed by atoms with Gasteiger partial charge in [0.05, 0.1) is 23.1 Å². The SMILES string of the molecule is CCc1cc(CC(NC)c2cc(C)nn2CC)n(C)n1. The lowest BCUT2D eigenvalue weighted by Crippen LogP contribution is -2.23. The summed E-state index contributed by atoms with van der Waals surface area (Å²) >= 11 is 0. The third-order valence-corrected chi connectivity index (χ3v) is 3.74. The minimum atomic E-state index is 0.260. The third kappa shape index (κ3) is 2.93. The smallest absolute Gasteiger partial charge is 0.0624 e. The molecule has 0 aliphatic heterocycles. The molecule has 0 aromatic carbocycles. The molecule has 0 bridgehead atoms. The minimum Gasteiger partial charge on any atom is -0.311 e. The molecule has 2 aromatic heterocycles. The number of rotatable bonds is 6. The fourth-order valence-corrected chi connectivity index (χ4v) is 2.60. The van der Waals surface area contributed by atoms with E-state index in [9.17, 15) is 0 Å². The van der Waals surface area contributed by atoms with Crippen LogP contribution in [-0.2, 0) is 26.4 Å². The summed E-state index contributed by atoms with van der Waals surface area (Å²) in [5.41, 5.74) is 4.72. The van der Waals surface area contributed by atoms with Crippen LogP contribution in [0.3, 0.4) is 0 Å². The Bertz CT molecular complexity index is 567. The zero-order chi connectivity index (χ0) is 14.7. The average molecular weight is 275 g/mol. The molecule has 1 unspecified atom stereocenters. The lowest BCUT2D eigenvalue weighted by atomic mass is 10.1. The Balaban J connectivity index is 2.25. The van der Waals surface area contributed by atoms with Gasteiger partial charge in [0.1, 0.15) is 0 Å². The molecule has 2 rings (SSSR count). The molecule has 5 heteroatoms. The molecular formula is C15H25N5. The van der Waals surface area contributed by atoms with Crippen molar-refractivity contribution in [3.63, 3.8) is 0 Å². The van der Waals surface area contributed by atoms with Crippen LogP contribution >= 0.6 is 0 Å². The molecule has 1 N–H and O–H groups in total. The first-order valence-electron chi connectivity index (χ1n) is 7.32. The Labute approximate surface area is 121 Å². The molecular weight excluding hydrogens is 250 g/mol. The van der Waals surface area contributed by atoms with Crippen molar-refractivity contribution < 1.29 is 0 Å². The van der Waals surface area contributed by atoms with Crippen molar-refractivity contribution in [2.24, 2.45) is 7.05 Å². The van der Waals surface area contributed by atoms with E-state index in [0.29, 0.717) is 0 Å². The largest absolute Gasteiger partial charge is 0.311 e. The van der Waals surface area contributed by atoms with E-state index in [1.165, 1.54) is 11.4 Å². The van der Waals surface area contributed by atoms with Gasteiger partial charge in [0.15, 0.2) is 0 Å². The summed E-state index contributed by atoms with van der Waals surface area (Å²) in [4.78, 5) is 0. The highest BCUT2D eigenvalue weighted by Gasteiger charge is 2.18. The molecule has 20 heavy (non-hydrogen) atoms. The first-order valence-corrected chi connectivity index (χ1v) is 7.32. The number of aryl methyl sites for hydroxylation is 4. The van der Waals surface area contributed by atoms with E-state index in [1.54, 1.807) is 0 Å². The maximum absolute atomic E-state index is 4.54. The molecule has 2 heterocycles. The fourth-order valence-electron chi connectivity index (χ4n) is 2.60. The van der Waals surface area contributed by atoms with Gasteiger partial charge in [0.2, 0.25) is 0 Å². The summed E-state index contributed by atoms with van der Waals surface area (Å²) in [6, 6.07) is 4.63. The molecule has 0 saturated heterocycles. The van der Waals surface area contributed by atoms with Crippen LogP contribution in [0.2, 0.25) is 0 Å². The van der Waals surface area contributed by atoms with E-state index < -0.39 is 0 Å². The lowest BCUT2D eigenvalue weighted by Gasteiger charge is -2.17. The Morgan fingerprint density at radius 2 is 2.00 bits per heavy atom. The highest BCUT2D eigenvalue weighted by atomic mass is 15.3. The maximum Gasteiger partial charge on any atom is 0.0624 e. The van der Waals surface area contributed by atoms with Crippen LogP contribution in [-0.4, -0.2) is 26.6 Å². The van der Waals surface area contributed by atoms with E-state index in [-0.39, 0.29) is 6.04 Å². The number of nitrogens with zero attached hydrogens (tertiary/aromatic N) is 4. The van der Waals surface area contributed by atoms with E-state index in [2.05, 4.69) is 46.2 Å². The van der Waals surface area contributed by atoms with Crippen LogP contribution in [0.5, 0.6) is 0 Å². The summed E-state index contributed by atoms with van der Waals surface area (Å²) in [5.74, 6) is 0. The van der Waals surface area contributed by atoms with Gasteiger partial charge in [-0.1, -0.05) is 6.92 Å². The van der Waals surface area contributed by atoms with Gasteiger partial charge in [-0.25, -0.2) is 0 Å². The first-order chi connectivity index (χ1) is 9.58. The number of aromatic nitrogens is 4. The molecule has 2 aromatic rings. The summed E-state index contributed by atoms with van der Waals surface area (Å²) in [6.07, 6.45) is 1.90. The first kappa shape index (κ1) is 14.8. The van der Waals surface area contributed by atoms with Crippen molar-refractivity contribution in [1.29, 1.82) is 0 Å². The molecule has 5 nitrogen and oxygen atoms in total.